The Kier molecular flexibility index (Phi) is 7.86. The molecule has 0 saturated heterocycles. The van der Waals surface area contributed by atoms with Crippen LogP contribution in [0.15, 0.2) is 29.2 Å². The molecular weight excluding hydrogens is 308 g/mol. The van der Waals surface area contributed by atoms with Crippen LogP contribution in [0.4, 0.5) is 0 Å². The van der Waals surface area contributed by atoms with Crippen LogP contribution in [0.3, 0.4) is 0 Å². The van der Waals surface area contributed by atoms with Crippen LogP contribution < -0.4 is 14.8 Å². The molecule has 0 bridgehead atoms. The molecule has 0 heterocycles. The highest BCUT2D eigenvalue weighted by Crippen LogP contribution is 2.15. The maximum absolute atomic E-state index is 12.0. The molecule has 2 N–H and O–H groups in total. The molecule has 0 aliphatic carbocycles. The van der Waals surface area contributed by atoms with E-state index in [1.165, 1.54) is 19.2 Å². The lowest BCUT2D eigenvalue weighted by Gasteiger charge is -2.09. The largest absolute Gasteiger partial charge is 0.494 e. The van der Waals surface area contributed by atoms with E-state index in [4.69, 9.17) is 9.47 Å². The molecule has 8 heteroatoms. The lowest BCUT2D eigenvalue weighted by molar-refractivity contribution is -0.121. The standard InChI is InChI=1S/C14H22N2O5S/c1-3-21-12-4-6-13(7-5-12)22(18,19)16-10-9-15-14(17)8-11-20-2/h4-7,16H,3,8-11H2,1-2H3,(H,15,17). The van der Waals surface area contributed by atoms with Crippen LogP contribution in [0.5, 0.6) is 5.75 Å². The van der Waals surface area contributed by atoms with Gasteiger partial charge in [-0.3, -0.25) is 4.79 Å². The summed E-state index contributed by atoms with van der Waals surface area (Å²) < 4.78 is 36.5. The zero-order chi connectivity index (χ0) is 16.4. The van der Waals surface area contributed by atoms with E-state index in [0.717, 1.165) is 0 Å². The topological polar surface area (TPSA) is 93.7 Å². The van der Waals surface area contributed by atoms with Crippen LogP contribution in [0.1, 0.15) is 13.3 Å². The maximum atomic E-state index is 12.0. The van der Waals surface area contributed by atoms with Crippen molar-refractivity contribution < 1.29 is 22.7 Å². The average Bonchev–Trinajstić information content (AvgIpc) is 2.50. The Labute approximate surface area is 131 Å². The minimum Gasteiger partial charge on any atom is -0.494 e. The molecule has 1 rings (SSSR count). The van der Waals surface area contributed by atoms with Gasteiger partial charge in [0.2, 0.25) is 15.9 Å². The molecule has 1 aromatic carbocycles. The zero-order valence-corrected chi connectivity index (χ0v) is 13.6. The molecule has 22 heavy (non-hydrogen) atoms. The van der Waals surface area contributed by atoms with Crippen LogP contribution in [-0.4, -0.2) is 47.7 Å². The molecule has 7 nitrogen and oxygen atoms in total. The third kappa shape index (κ3) is 6.42. The van der Waals surface area contributed by atoms with Gasteiger partial charge in [0.1, 0.15) is 5.75 Å². The van der Waals surface area contributed by atoms with Gasteiger partial charge in [-0.15, -0.1) is 0 Å². The van der Waals surface area contributed by atoms with E-state index in [-0.39, 0.29) is 30.3 Å². The van der Waals surface area contributed by atoms with Crippen molar-refractivity contribution in [2.45, 2.75) is 18.2 Å². The molecule has 1 amide bonds. The molecule has 0 aliphatic rings. The van der Waals surface area contributed by atoms with E-state index in [1.54, 1.807) is 12.1 Å². The Bertz CT molecular complexity index is 557. The highest BCUT2D eigenvalue weighted by molar-refractivity contribution is 7.89. The zero-order valence-electron chi connectivity index (χ0n) is 12.8. The highest BCUT2D eigenvalue weighted by Gasteiger charge is 2.13. The number of amides is 1. The summed E-state index contributed by atoms with van der Waals surface area (Å²) in [6.07, 6.45) is 0.252. The summed E-state index contributed by atoms with van der Waals surface area (Å²) in [7, 11) is -2.08. The Morgan fingerprint density at radius 2 is 1.86 bits per heavy atom. The van der Waals surface area contributed by atoms with Gasteiger partial charge in [-0.2, -0.15) is 0 Å². The number of ether oxygens (including phenoxy) is 2. The van der Waals surface area contributed by atoms with Crippen molar-refractivity contribution in [3.63, 3.8) is 0 Å². The normalized spacial score (nSPS) is 11.2. The van der Waals surface area contributed by atoms with Crippen molar-refractivity contribution in [1.82, 2.24) is 10.0 Å². The number of nitrogens with one attached hydrogen (secondary N) is 2. The number of carbonyl (C=O) groups excluding carboxylic acids is 1. The minimum absolute atomic E-state index is 0.119. The highest BCUT2D eigenvalue weighted by atomic mass is 32.2. The Balaban J connectivity index is 2.42. The third-order valence-corrected chi connectivity index (χ3v) is 4.19. The van der Waals surface area contributed by atoms with Gasteiger partial charge in [-0.1, -0.05) is 0 Å². The monoisotopic (exact) mass is 330 g/mol. The molecule has 0 saturated carbocycles. The van der Waals surface area contributed by atoms with Crippen LogP contribution in [-0.2, 0) is 19.6 Å². The SMILES string of the molecule is CCOc1ccc(S(=O)(=O)NCCNC(=O)CCOC)cc1. The van der Waals surface area contributed by atoms with Crippen molar-refractivity contribution in [1.29, 1.82) is 0 Å². The molecule has 0 aromatic heterocycles. The number of hydrogen-bond acceptors (Lipinski definition) is 5. The lowest BCUT2D eigenvalue weighted by atomic mass is 10.3. The molecule has 0 unspecified atom stereocenters. The predicted octanol–water partition coefficient (Wildman–Crippen LogP) is 0.516. The fourth-order valence-electron chi connectivity index (χ4n) is 1.64. The van der Waals surface area contributed by atoms with Gasteiger partial charge in [0.05, 0.1) is 18.1 Å². The van der Waals surface area contributed by atoms with Crippen molar-refractivity contribution in [2.24, 2.45) is 0 Å². The summed E-state index contributed by atoms with van der Waals surface area (Å²) in [5.41, 5.74) is 0. The van der Waals surface area contributed by atoms with Crippen molar-refractivity contribution in [3.05, 3.63) is 24.3 Å². The molecule has 1 aromatic rings. The van der Waals surface area contributed by atoms with E-state index in [9.17, 15) is 13.2 Å². The Morgan fingerprint density at radius 3 is 2.45 bits per heavy atom. The smallest absolute Gasteiger partial charge is 0.240 e. The summed E-state index contributed by atoms with van der Waals surface area (Å²) >= 11 is 0. The van der Waals surface area contributed by atoms with Gasteiger partial charge in [-0.25, -0.2) is 13.1 Å². The Morgan fingerprint density at radius 1 is 1.18 bits per heavy atom. The summed E-state index contributed by atoms with van der Waals surface area (Å²) in [5.74, 6) is 0.439. The summed E-state index contributed by atoms with van der Waals surface area (Å²) in [6, 6.07) is 6.16. The predicted molar refractivity (Wildman–Crippen MR) is 82.3 cm³/mol. The van der Waals surface area contributed by atoms with Crippen molar-refractivity contribution >= 4 is 15.9 Å². The summed E-state index contributed by atoms with van der Waals surface area (Å²) in [6.45, 7) is 3.05. The van der Waals surface area contributed by atoms with Gasteiger partial charge in [0.25, 0.3) is 0 Å². The number of methoxy groups -OCH3 is 1. The van der Waals surface area contributed by atoms with E-state index < -0.39 is 10.0 Å². The van der Waals surface area contributed by atoms with Crippen molar-refractivity contribution in [3.8, 4) is 5.75 Å². The van der Waals surface area contributed by atoms with Gasteiger partial charge >= 0.3 is 0 Å². The molecule has 0 radical (unpaired) electrons. The van der Waals surface area contributed by atoms with Crippen molar-refractivity contribution in [2.75, 3.05) is 33.4 Å². The van der Waals surface area contributed by atoms with Gasteiger partial charge < -0.3 is 14.8 Å². The number of sulfonamides is 1. The number of hydrogen-bond donors (Lipinski definition) is 2. The summed E-state index contributed by atoms with van der Waals surface area (Å²) in [4.78, 5) is 11.5. The first-order valence-corrected chi connectivity index (χ1v) is 8.46. The molecule has 0 spiro atoms. The first-order chi connectivity index (χ1) is 10.5. The fourth-order valence-corrected chi connectivity index (χ4v) is 2.67. The van der Waals surface area contributed by atoms with Gasteiger partial charge in [-0.05, 0) is 31.2 Å². The number of rotatable bonds is 10. The average molecular weight is 330 g/mol. The fraction of sp³-hybridized carbons (Fsp3) is 0.500. The first kappa shape index (κ1) is 18.4. The van der Waals surface area contributed by atoms with Gasteiger partial charge in [0.15, 0.2) is 0 Å². The van der Waals surface area contributed by atoms with E-state index in [0.29, 0.717) is 19.0 Å². The van der Waals surface area contributed by atoms with E-state index in [2.05, 4.69) is 10.0 Å². The minimum atomic E-state index is -3.59. The maximum Gasteiger partial charge on any atom is 0.240 e. The van der Waals surface area contributed by atoms with E-state index >= 15 is 0 Å². The van der Waals surface area contributed by atoms with Crippen LogP contribution in [0, 0.1) is 0 Å². The number of carbonyl (C=O) groups is 1. The second-order valence-electron chi connectivity index (χ2n) is 4.39. The molecule has 0 atom stereocenters. The first-order valence-electron chi connectivity index (χ1n) is 6.97. The summed E-state index contributed by atoms with van der Waals surface area (Å²) in [5, 5.41) is 2.60. The molecular formula is C14H22N2O5S. The third-order valence-electron chi connectivity index (χ3n) is 2.72. The lowest BCUT2D eigenvalue weighted by Crippen LogP contribution is -2.35. The number of benzene rings is 1. The molecule has 0 fully saturated rings. The van der Waals surface area contributed by atoms with Gasteiger partial charge in [0, 0.05) is 26.6 Å². The quantitative estimate of drug-likeness (QED) is 0.610. The van der Waals surface area contributed by atoms with Crippen LogP contribution in [0.25, 0.3) is 0 Å². The second-order valence-corrected chi connectivity index (χ2v) is 6.16. The van der Waals surface area contributed by atoms with Crippen LogP contribution in [0.2, 0.25) is 0 Å². The van der Waals surface area contributed by atoms with Crippen LogP contribution >= 0.6 is 0 Å². The Hall–Kier alpha value is -1.64. The molecule has 0 aliphatic heterocycles. The van der Waals surface area contributed by atoms with E-state index in [1.807, 2.05) is 6.92 Å². The second kappa shape index (κ2) is 9.39. The molecule has 124 valence electrons.